The SMILES string of the molecule is CCCc1c(O)n(CC(C)N(C)C2CC2)c(=O)[nH]c1=O. The van der Waals surface area contributed by atoms with Crippen molar-refractivity contribution in [2.45, 2.75) is 58.2 Å². The molecule has 1 aliphatic rings. The highest BCUT2D eigenvalue weighted by Crippen LogP contribution is 2.27. The topological polar surface area (TPSA) is 78.3 Å². The summed E-state index contributed by atoms with van der Waals surface area (Å²) in [7, 11) is 2.03. The molecule has 0 aliphatic heterocycles. The summed E-state index contributed by atoms with van der Waals surface area (Å²) in [5, 5.41) is 10.2. The Morgan fingerprint density at radius 2 is 2.10 bits per heavy atom. The van der Waals surface area contributed by atoms with Gasteiger partial charge in [0.15, 0.2) is 0 Å². The first kappa shape index (κ1) is 14.8. The average Bonchev–Trinajstić information content (AvgIpc) is 3.22. The van der Waals surface area contributed by atoms with Crippen LogP contribution < -0.4 is 11.2 Å². The van der Waals surface area contributed by atoms with E-state index < -0.39 is 11.2 Å². The van der Waals surface area contributed by atoms with Gasteiger partial charge in [0.25, 0.3) is 5.56 Å². The molecule has 1 heterocycles. The summed E-state index contributed by atoms with van der Waals surface area (Å²) >= 11 is 0. The smallest absolute Gasteiger partial charge is 0.331 e. The van der Waals surface area contributed by atoms with Gasteiger partial charge < -0.3 is 5.11 Å². The minimum atomic E-state index is -0.539. The molecule has 6 nitrogen and oxygen atoms in total. The van der Waals surface area contributed by atoms with Crippen molar-refractivity contribution in [1.29, 1.82) is 0 Å². The lowest BCUT2D eigenvalue weighted by Gasteiger charge is -2.25. The molecule has 0 aromatic carbocycles. The Labute approximate surface area is 118 Å². The van der Waals surface area contributed by atoms with E-state index in [1.54, 1.807) is 0 Å². The van der Waals surface area contributed by atoms with Gasteiger partial charge in [0.05, 0.1) is 5.56 Å². The standard InChI is InChI=1S/C14H23N3O3/c1-4-5-11-12(18)15-14(20)17(13(11)19)8-9(2)16(3)10-6-7-10/h9-10,19H,4-8H2,1-3H3,(H,15,18,20). The number of H-pyrrole nitrogens is 1. The number of rotatable bonds is 6. The maximum atomic E-state index is 11.9. The van der Waals surface area contributed by atoms with Gasteiger partial charge in [0, 0.05) is 18.6 Å². The van der Waals surface area contributed by atoms with E-state index in [0.29, 0.717) is 24.6 Å². The number of likely N-dealkylation sites (N-methyl/N-ethyl adjacent to an activating group) is 1. The third-order valence-electron chi connectivity index (χ3n) is 4.03. The minimum absolute atomic E-state index is 0.131. The van der Waals surface area contributed by atoms with Crippen molar-refractivity contribution >= 4 is 0 Å². The lowest BCUT2D eigenvalue weighted by Crippen LogP contribution is -2.40. The van der Waals surface area contributed by atoms with E-state index in [0.717, 1.165) is 6.42 Å². The molecule has 6 heteroatoms. The molecule has 1 atom stereocenters. The van der Waals surface area contributed by atoms with Crippen LogP contribution in [0.5, 0.6) is 5.88 Å². The zero-order chi connectivity index (χ0) is 14.9. The number of hydrogen-bond donors (Lipinski definition) is 2. The first-order valence-electron chi connectivity index (χ1n) is 7.22. The number of aromatic nitrogens is 2. The number of nitrogens with zero attached hydrogens (tertiary/aromatic N) is 2. The minimum Gasteiger partial charge on any atom is -0.494 e. The Morgan fingerprint density at radius 1 is 1.45 bits per heavy atom. The Morgan fingerprint density at radius 3 is 2.65 bits per heavy atom. The van der Waals surface area contributed by atoms with Gasteiger partial charge in [0.2, 0.25) is 5.88 Å². The molecule has 1 saturated carbocycles. The quantitative estimate of drug-likeness (QED) is 0.803. The van der Waals surface area contributed by atoms with Gasteiger partial charge in [-0.25, -0.2) is 4.79 Å². The number of hydrogen-bond acceptors (Lipinski definition) is 4. The molecule has 0 spiro atoms. The van der Waals surface area contributed by atoms with E-state index >= 15 is 0 Å². The summed E-state index contributed by atoms with van der Waals surface area (Å²) in [4.78, 5) is 28.1. The van der Waals surface area contributed by atoms with Gasteiger partial charge in [-0.1, -0.05) is 13.3 Å². The molecule has 1 aliphatic carbocycles. The molecule has 1 fully saturated rings. The van der Waals surface area contributed by atoms with Crippen LogP contribution in [0.3, 0.4) is 0 Å². The third-order valence-corrected chi connectivity index (χ3v) is 4.03. The molecule has 2 N–H and O–H groups in total. The highest BCUT2D eigenvalue weighted by atomic mass is 16.3. The summed E-state index contributed by atoms with van der Waals surface area (Å²) in [6, 6.07) is 0.715. The Kier molecular flexibility index (Phi) is 4.32. The van der Waals surface area contributed by atoms with Gasteiger partial charge in [-0.3, -0.25) is 19.2 Å². The predicted molar refractivity (Wildman–Crippen MR) is 77.2 cm³/mol. The Balaban J connectivity index is 2.28. The van der Waals surface area contributed by atoms with Crippen molar-refractivity contribution in [2.24, 2.45) is 0 Å². The second kappa shape index (κ2) is 5.83. The molecule has 0 bridgehead atoms. The maximum absolute atomic E-state index is 11.9. The van der Waals surface area contributed by atoms with Crippen molar-refractivity contribution in [3.05, 3.63) is 26.4 Å². The molecule has 0 amide bonds. The van der Waals surface area contributed by atoms with Crippen LogP contribution in [0.1, 0.15) is 38.7 Å². The third kappa shape index (κ3) is 2.95. The lowest BCUT2D eigenvalue weighted by atomic mass is 10.2. The maximum Gasteiger partial charge on any atom is 0.331 e. The van der Waals surface area contributed by atoms with Crippen LogP contribution in [0.25, 0.3) is 0 Å². The van der Waals surface area contributed by atoms with Crippen molar-refractivity contribution in [3.8, 4) is 5.88 Å². The van der Waals surface area contributed by atoms with Crippen LogP contribution in [0.4, 0.5) is 0 Å². The fourth-order valence-electron chi connectivity index (χ4n) is 2.48. The molecule has 0 radical (unpaired) electrons. The van der Waals surface area contributed by atoms with E-state index in [1.807, 2.05) is 20.9 Å². The average molecular weight is 281 g/mol. The van der Waals surface area contributed by atoms with E-state index in [2.05, 4.69) is 9.88 Å². The normalized spacial score (nSPS) is 16.6. The highest BCUT2D eigenvalue weighted by molar-refractivity contribution is 5.22. The van der Waals surface area contributed by atoms with Gasteiger partial charge in [-0.2, -0.15) is 0 Å². The van der Waals surface area contributed by atoms with Crippen LogP contribution in [-0.2, 0) is 13.0 Å². The van der Waals surface area contributed by atoms with Crippen LogP contribution >= 0.6 is 0 Å². The molecular formula is C14H23N3O3. The largest absolute Gasteiger partial charge is 0.494 e. The van der Waals surface area contributed by atoms with Crippen molar-refractivity contribution in [1.82, 2.24) is 14.5 Å². The van der Waals surface area contributed by atoms with Gasteiger partial charge in [-0.15, -0.1) is 0 Å². The fraction of sp³-hybridized carbons (Fsp3) is 0.714. The molecule has 20 heavy (non-hydrogen) atoms. The molecule has 1 unspecified atom stereocenters. The molecule has 2 rings (SSSR count). The van der Waals surface area contributed by atoms with Crippen LogP contribution in [0.2, 0.25) is 0 Å². The van der Waals surface area contributed by atoms with Crippen molar-refractivity contribution < 1.29 is 5.11 Å². The molecule has 1 aromatic rings. The number of aromatic amines is 1. The zero-order valence-corrected chi connectivity index (χ0v) is 12.3. The first-order valence-corrected chi connectivity index (χ1v) is 7.22. The molecule has 0 saturated heterocycles. The van der Waals surface area contributed by atoms with E-state index in [4.69, 9.17) is 0 Å². The summed E-state index contributed by atoms with van der Waals surface area (Å²) in [5.41, 5.74) is -0.717. The van der Waals surface area contributed by atoms with Gasteiger partial charge in [-0.05, 0) is 33.2 Å². The van der Waals surface area contributed by atoms with E-state index in [1.165, 1.54) is 17.4 Å². The molecule has 112 valence electrons. The molecule has 1 aromatic heterocycles. The fourth-order valence-corrected chi connectivity index (χ4v) is 2.48. The Bertz CT molecular complexity index is 586. The van der Waals surface area contributed by atoms with E-state index in [-0.39, 0.29) is 11.9 Å². The monoisotopic (exact) mass is 281 g/mol. The zero-order valence-electron chi connectivity index (χ0n) is 12.3. The van der Waals surface area contributed by atoms with Gasteiger partial charge in [0.1, 0.15) is 0 Å². The lowest BCUT2D eigenvalue weighted by molar-refractivity contribution is 0.216. The highest BCUT2D eigenvalue weighted by Gasteiger charge is 2.29. The predicted octanol–water partition coefficient (Wildman–Crippen LogP) is 0.677. The van der Waals surface area contributed by atoms with Crippen molar-refractivity contribution in [3.63, 3.8) is 0 Å². The van der Waals surface area contributed by atoms with E-state index in [9.17, 15) is 14.7 Å². The van der Waals surface area contributed by atoms with Crippen LogP contribution in [0, 0.1) is 0 Å². The Hall–Kier alpha value is -1.56. The van der Waals surface area contributed by atoms with Crippen LogP contribution in [0.15, 0.2) is 9.59 Å². The first-order chi connectivity index (χ1) is 9.45. The number of aromatic hydroxyl groups is 1. The second-order valence-electron chi connectivity index (χ2n) is 5.67. The van der Waals surface area contributed by atoms with Crippen LogP contribution in [-0.4, -0.2) is 38.7 Å². The summed E-state index contributed by atoms with van der Waals surface area (Å²) in [6.07, 6.45) is 3.59. The van der Waals surface area contributed by atoms with Crippen molar-refractivity contribution in [2.75, 3.05) is 7.05 Å². The number of nitrogens with one attached hydrogen (secondary N) is 1. The van der Waals surface area contributed by atoms with Gasteiger partial charge >= 0.3 is 5.69 Å². The summed E-state index contributed by atoms with van der Waals surface area (Å²) in [5.74, 6) is -0.184. The molecular weight excluding hydrogens is 258 g/mol. The second-order valence-corrected chi connectivity index (χ2v) is 5.67. The summed E-state index contributed by atoms with van der Waals surface area (Å²) in [6.45, 7) is 4.33. The summed E-state index contributed by atoms with van der Waals surface area (Å²) < 4.78 is 1.27.